The van der Waals surface area contributed by atoms with Gasteiger partial charge in [0.15, 0.2) is 0 Å². The second-order valence-corrected chi connectivity index (χ2v) is 9.51. The first kappa shape index (κ1) is 24.0. The summed E-state index contributed by atoms with van der Waals surface area (Å²) in [5.41, 5.74) is 2.99. The Bertz CT molecular complexity index is 1280. The first-order valence-electron chi connectivity index (χ1n) is 12.5. The van der Waals surface area contributed by atoms with Crippen LogP contribution in [0.2, 0.25) is 0 Å². The second kappa shape index (κ2) is 10.1. The van der Waals surface area contributed by atoms with Gasteiger partial charge in [-0.05, 0) is 38.7 Å². The van der Waals surface area contributed by atoms with Crippen LogP contribution >= 0.6 is 0 Å². The smallest absolute Gasteiger partial charge is 0.309 e. The van der Waals surface area contributed by atoms with Crippen LogP contribution in [-0.2, 0) is 14.3 Å². The van der Waals surface area contributed by atoms with Crippen molar-refractivity contribution in [1.29, 1.82) is 0 Å². The van der Waals surface area contributed by atoms with E-state index in [2.05, 4.69) is 10.1 Å². The van der Waals surface area contributed by atoms with E-state index in [9.17, 15) is 14.4 Å². The van der Waals surface area contributed by atoms with Gasteiger partial charge in [0, 0.05) is 37.3 Å². The number of aromatic nitrogens is 2. The number of rotatable bonds is 7. The van der Waals surface area contributed by atoms with Crippen molar-refractivity contribution in [3.63, 3.8) is 0 Å². The number of pyridine rings is 1. The largest absolute Gasteiger partial charge is 0.466 e. The van der Waals surface area contributed by atoms with Crippen molar-refractivity contribution in [3.8, 4) is 11.3 Å². The van der Waals surface area contributed by atoms with Crippen LogP contribution in [0.4, 0.5) is 0 Å². The van der Waals surface area contributed by atoms with E-state index in [-0.39, 0.29) is 30.2 Å². The number of hydrogen-bond acceptors (Lipinski definition) is 7. The minimum atomic E-state index is -0.278. The number of hydrogen-bond donors (Lipinski definition) is 0. The van der Waals surface area contributed by atoms with Crippen LogP contribution in [0.15, 0.2) is 40.9 Å². The molecule has 3 aromatic rings. The summed E-state index contributed by atoms with van der Waals surface area (Å²) in [7, 11) is 1.63. The number of likely N-dealkylation sites (tertiary alicyclic amines) is 1. The molecule has 3 heterocycles. The molecule has 9 heteroatoms. The van der Waals surface area contributed by atoms with Gasteiger partial charge in [-0.25, -0.2) is 4.98 Å². The Hall–Kier alpha value is -3.75. The van der Waals surface area contributed by atoms with Crippen molar-refractivity contribution in [1.82, 2.24) is 19.9 Å². The first-order valence-corrected chi connectivity index (χ1v) is 12.5. The van der Waals surface area contributed by atoms with Gasteiger partial charge in [-0.2, -0.15) is 0 Å². The van der Waals surface area contributed by atoms with Crippen molar-refractivity contribution in [2.75, 3.05) is 33.3 Å². The van der Waals surface area contributed by atoms with E-state index in [0.29, 0.717) is 60.8 Å². The molecular weight excluding hydrogens is 460 g/mol. The monoisotopic (exact) mass is 490 g/mol. The summed E-state index contributed by atoms with van der Waals surface area (Å²) in [6.45, 7) is 3.03. The average molecular weight is 491 g/mol. The predicted octanol–water partition coefficient (Wildman–Crippen LogP) is 3.64. The van der Waals surface area contributed by atoms with Crippen LogP contribution < -0.4 is 0 Å². The third-order valence-corrected chi connectivity index (χ3v) is 6.93. The molecule has 0 bridgehead atoms. The maximum absolute atomic E-state index is 13.7. The van der Waals surface area contributed by atoms with E-state index in [0.717, 1.165) is 24.1 Å². The molecule has 2 fully saturated rings. The zero-order chi connectivity index (χ0) is 25.2. The van der Waals surface area contributed by atoms with E-state index in [1.165, 1.54) is 4.90 Å². The Morgan fingerprint density at radius 2 is 1.83 bits per heavy atom. The Morgan fingerprint density at radius 3 is 2.50 bits per heavy atom. The lowest BCUT2D eigenvalue weighted by Crippen LogP contribution is -2.45. The lowest BCUT2D eigenvalue weighted by Gasteiger charge is -2.32. The maximum atomic E-state index is 13.7. The number of ether oxygens (including phenoxy) is 1. The molecule has 1 saturated carbocycles. The molecule has 0 unspecified atom stereocenters. The molecule has 0 spiro atoms. The number of likely N-dealkylation sites (N-methyl/N-ethyl adjacent to an activating group) is 1. The highest BCUT2D eigenvalue weighted by molar-refractivity contribution is 6.10. The van der Waals surface area contributed by atoms with E-state index in [4.69, 9.17) is 9.26 Å². The Morgan fingerprint density at radius 1 is 1.11 bits per heavy atom. The van der Waals surface area contributed by atoms with E-state index in [1.54, 1.807) is 18.9 Å². The van der Waals surface area contributed by atoms with Crippen LogP contribution in [0.3, 0.4) is 0 Å². The summed E-state index contributed by atoms with van der Waals surface area (Å²) in [4.78, 5) is 46.5. The number of carbonyl (C=O) groups is 3. The third-order valence-electron chi connectivity index (χ3n) is 6.93. The van der Waals surface area contributed by atoms with E-state index in [1.807, 2.05) is 36.4 Å². The molecule has 1 aliphatic carbocycles. The summed E-state index contributed by atoms with van der Waals surface area (Å²) < 4.78 is 10.7. The lowest BCUT2D eigenvalue weighted by molar-refractivity contribution is -0.151. The number of nitrogens with zero attached hydrogens (tertiary/aromatic N) is 4. The number of fused-ring (bicyclic) bond motifs is 1. The number of amides is 2. The van der Waals surface area contributed by atoms with Gasteiger partial charge >= 0.3 is 5.97 Å². The molecule has 9 nitrogen and oxygen atoms in total. The molecule has 0 atom stereocenters. The Kier molecular flexibility index (Phi) is 6.71. The highest BCUT2D eigenvalue weighted by Crippen LogP contribution is 2.41. The number of piperidine rings is 1. The SMILES string of the molecule is CCOC(=O)C1CCN(C(=O)CN(C)C(=O)c2cc(C3CC3)nc3onc(-c4ccccc4)c23)CC1. The van der Waals surface area contributed by atoms with Gasteiger partial charge in [0.1, 0.15) is 5.69 Å². The Balaban J connectivity index is 1.35. The fraction of sp³-hybridized carbons (Fsp3) is 0.444. The molecule has 2 aliphatic rings. The summed E-state index contributed by atoms with van der Waals surface area (Å²) in [6.07, 6.45) is 3.20. The first-order chi connectivity index (χ1) is 17.5. The molecule has 188 valence electrons. The van der Waals surface area contributed by atoms with Gasteiger partial charge in [-0.3, -0.25) is 14.4 Å². The minimum Gasteiger partial charge on any atom is -0.466 e. The van der Waals surface area contributed by atoms with Crippen molar-refractivity contribution >= 4 is 28.9 Å². The number of benzene rings is 1. The van der Waals surface area contributed by atoms with Crippen LogP contribution in [0, 0.1) is 5.92 Å². The molecule has 0 radical (unpaired) electrons. The van der Waals surface area contributed by atoms with Gasteiger partial charge in [0.05, 0.1) is 30.0 Å². The molecule has 0 N–H and O–H groups in total. The van der Waals surface area contributed by atoms with Crippen LogP contribution in [0.1, 0.15) is 54.6 Å². The third kappa shape index (κ3) is 4.82. The summed E-state index contributed by atoms with van der Waals surface area (Å²) >= 11 is 0. The lowest BCUT2D eigenvalue weighted by atomic mass is 9.97. The predicted molar refractivity (Wildman–Crippen MR) is 132 cm³/mol. The molecule has 1 aromatic carbocycles. The van der Waals surface area contributed by atoms with Gasteiger partial charge in [0.2, 0.25) is 5.91 Å². The van der Waals surface area contributed by atoms with Crippen molar-refractivity contribution in [2.45, 2.75) is 38.5 Å². The van der Waals surface area contributed by atoms with Gasteiger partial charge < -0.3 is 19.1 Å². The van der Waals surface area contributed by atoms with Crippen molar-refractivity contribution in [2.24, 2.45) is 5.92 Å². The summed E-state index contributed by atoms with van der Waals surface area (Å²) in [5, 5.41) is 4.80. The molecule has 1 aliphatic heterocycles. The molecule has 2 aromatic heterocycles. The minimum absolute atomic E-state index is 0.0581. The average Bonchev–Trinajstić information content (AvgIpc) is 3.67. The molecule has 2 amide bonds. The number of esters is 1. The van der Waals surface area contributed by atoms with Gasteiger partial charge in [-0.1, -0.05) is 35.5 Å². The fourth-order valence-corrected chi connectivity index (χ4v) is 4.73. The van der Waals surface area contributed by atoms with Crippen LogP contribution in [0.5, 0.6) is 0 Å². The number of carbonyl (C=O) groups excluding carboxylic acids is 3. The molecule has 1 saturated heterocycles. The molecule has 5 rings (SSSR count). The topological polar surface area (TPSA) is 106 Å². The van der Waals surface area contributed by atoms with E-state index >= 15 is 0 Å². The molecular formula is C27H30N4O5. The zero-order valence-corrected chi connectivity index (χ0v) is 20.6. The summed E-state index contributed by atoms with van der Waals surface area (Å²) in [5.74, 6) is -0.481. The second-order valence-electron chi connectivity index (χ2n) is 9.51. The quantitative estimate of drug-likeness (QED) is 0.466. The van der Waals surface area contributed by atoms with Gasteiger partial charge in [-0.15, -0.1) is 0 Å². The zero-order valence-electron chi connectivity index (χ0n) is 20.6. The van der Waals surface area contributed by atoms with Gasteiger partial charge in [0.25, 0.3) is 11.6 Å². The Labute approximate surface area is 209 Å². The van der Waals surface area contributed by atoms with Crippen molar-refractivity contribution < 1.29 is 23.6 Å². The fourth-order valence-electron chi connectivity index (χ4n) is 4.73. The highest BCUT2D eigenvalue weighted by Gasteiger charge is 2.32. The summed E-state index contributed by atoms with van der Waals surface area (Å²) in [6, 6.07) is 11.4. The van der Waals surface area contributed by atoms with E-state index < -0.39 is 0 Å². The van der Waals surface area contributed by atoms with Crippen LogP contribution in [0.25, 0.3) is 22.4 Å². The normalized spacial score (nSPS) is 16.2. The van der Waals surface area contributed by atoms with Crippen molar-refractivity contribution in [3.05, 3.63) is 47.7 Å². The van der Waals surface area contributed by atoms with Crippen LogP contribution in [-0.4, -0.2) is 71.0 Å². The maximum Gasteiger partial charge on any atom is 0.309 e. The standard InChI is InChI=1S/C27H30N4O5/c1-3-35-27(34)19-11-13-31(14-12-19)22(32)16-30(2)26(33)20-15-21(17-9-10-17)28-25-23(20)24(29-36-25)18-7-5-4-6-8-18/h4-8,15,17,19H,3,9-14,16H2,1-2H3. The molecule has 36 heavy (non-hydrogen) atoms. The highest BCUT2D eigenvalue weighted by atomic mass is 16.5.